The van der Waals surface area contributed by atoms with Crippen molar-refractivity contribution in [3.8, 4) is 0 Å². The number of carbonyl (C=O) groups excluding carboxylic acids is 1. The molecule has 0 aromatic carbocycles. The molecule has 1 heterocycles. The molecule has 0 atom stereocenters. The fourth-order valence-electron chi connectivity index (χ4n) is 2.09. The molecular weight excluding hydrogens is 286 g/mol. The average molecular weight is 313 g/mol. The predicted molar refractivity (Wildman–Crippen MR) is 86.6 cm³/mol. The lowest BCUT2D eigenvalue weighted by Gasteiger charge is -2.30. The zero-order valence-electron chi connectivity index (χ0n) is 13.7. The highest BCUT2D eigenvalue weighted by Crippen LogP contribution is 2.18. The van der Waals surface area contributed by atoms with E-state index in [1.165, 1.54) is 0 Å². The number of aromatic nitrogens is 1. The normalized spacial score (nSPS) is 11.5. The van der Waals surface area contributed by atoms with Crippen LogP contribution in [0.3, 0.4) is 0 Å². The van der Waals surface area contributed by atoms with Gasteiger partial charge in [0, 0.05) is 24.6 Å². The van der Waals surface area contributed by atoms with Crippen molar-refractivity contribution in [3.05, 3.63) is 15.6 Å². The second-order valence-corrected chi connectivity index (χ2v) is 7.75. The standard InChI is InChI=1S/C15H27N3O2S/c1-11-13(21-12(2)17-11)9-16-14(20)18(7-6-8-19)10-15(3,4)5/h19H,6-10H2,1-5H3,(H,16,20). The van der Waals surface area contributed by atoms with E-state index < -0.39 is 0 Å². The van der Waals surface area contributed by atoms with Crippen LogP contribution < -0.4 is 5.32 Å². The van der Waals surface area contributed by atoms with Crippen LogP contribution in [0.2, 0.25) is 0 Å². The molecule has 1 aromatic heterocycles. The van der Waals surface area contributed by atoms with Crippen molar-refractivity contribution in [1.82, 2.24) is 15.2 Å². The summed E-state index contributed by atoms with van der Waals surface area (Å²) < 4.78 is 0. The van der Waals surface area contributed by atoms with E-state index in [1.54, 1.807) is 16.2 Å². The zero-order valence-corrected chi connectivity index (χ0v) is 14.5. The van der Waals surface area contributed by atoms with Gasteiger partial charge in [-0.25, -0.2) is 9.78 Å². The maximum Gasteiger partial charge on any atom is 0.317 e. The molecule has 5 nitrogen and oxygen atoms in total. The first-order chi connectivity index (χ1) is 9.73. The molecule has 0 aliphatic rings. The lowest BCUT2D eigenvalue weighted by Crippen LogP contribution is -2.44. The molecule has 2 amide bonds. The second-order valence-electron chi connectivity index (χ2n) is 6.46. The van der Waals surface area contributed by atoms with E-state index in [1.807, 2.05) is 13.8 Å². The topological polar surface area (TPSA) is 65.5 Å². The van der Waals surface area contributed by atoms with Gasteiger partial charge in [-0.1, -0.05) is 20.8 Å². The van der Waals surface area contributed by atoms with Crippen LogP contribution in [0.5, 0.6) is 0 Å². The maximum absolute atomic E-state index is 12.3. The van der Waals surface area contributed by atoms with E-state index in [9.17, 15) is 4.79 Å². The molecule has 0 aliphatic heterocycles. The molecule has 6 heteroatoms. The average Bonchev–Trinajstić information content (AvgIpc) is 2.68. The molecule has 0 spiro atoms. The SMILES string of the molecule is Cc1nc(C)c(CNC(=O)N(CCCO)CC(C)(C)C)s1. The Kier molecular flexibility index (Phi) is 6.61. The van der Waals surface area contributed by atoms with Crippen molar-refractivity contribution in [2.24, 2.45) is 5.41 Å². The van der Waals surface area contributed by atoms with E-state index in [4.69, 9.17) is 5.11 Å². The molecule has 0 fully saturated rings. The highest BCUT2D eigenvalue weighted by Gasteiger charge is 2.20. The summed E-state index contributed by atoms with van der Waals surface area (Å²) in [6, 6.07) is -0.0798. The number of hydrogen-bond donors (Lipinski definition) is 2. The first-order valence-corrected chi connectivity index (χ1v) is 8.11. The van der Waals surface area contributed by atoms with E-state index >= 15 is 0 Å². The monoisotopic (exact) mass is 313 g/mol. The van der Waals surface area contributed by atoms with E-state index in [2.05, 4.69) is 31.1 Å². The molecule has 0 saturated heterocycles. The molecule has 0 saturated carbocycles. The van der Waals surface area contributed by atoms with Crippen molar-refractivity contribution in [2.75, 3.05) is 19.7 Å². The third kappa shape index (κ3) is 6.44. The van der Waals surface area contributed by atoms with Crippen molar-refractivity contribution >= 4 is 17.4 Å². The third-order valence-electron chi connectivity index (χ3n) is 2.94. The lowest BCUT2D eigenvalue weighted by atomic mass is 9.96. The number of hydrogen-bond acceptors (Lipinski definition) is 4. The first-order valence-electron chi connectivity index (χ1n) is 7.29. The summed E-state index contributed by atoms with van der Waals surface area (Å²) in [6.07, 6.45) is 0.599. The predicted octanol–water partition coefficient (Wildman–Crippen LogP) is 2.70. The van der Waals surface area contributed by atoms with Crippen LogP contribution in [0.4, 0.5) is 4.79 Å². The Morgan fingerprint density at radius 3 is 2.52 bits per heavy atom. The molecule has 0 radical (unpaired) electrons. The fourth-order valence-corrected chi connectivity index (χ4v) is 2.97. The number of aryl methyl sites for hydroxylation is 2. The van der Waals surface area contributed by atoms with Gasteiger partial charge in [0.2, 0.25) is 0 Å². The van der Waals surface area contributed by atoms with Crippen LogP contribution in [-0.2, 0) is 6.54 Å². The molecular formula is C15H27N3O2S. The molecule has 21 heavy (non-hydrogen) atoms. The minimum absolute atomic E-state index is 0.0315. The van der Waals surface area contributed by atoms with Gasteiger partial charge in [-0.2, -0.15) is 0 Å². The number of urea groups is 1. The van der Waals surface area contributed by atoms with E-state index in [0.717, 1.165) is 15.6 Å². The molecule has 2 N–H and O–H groups in total. The lowest BCUT2D eigenvalue weighted by molar-refractivity contribution is 0.164. The Labute approximate surface area is 131 Å². The van der Waals surface area contributed by atoms with Gasteiger partial charge in [0.15, 0.2) is 0 Å². The highest BCUT2D eigenvalue weighted by molar-refractivity contribution is 7.11. The number of thiazole rings is 1. The van der Waals surface area contributed by atoms with Gasteiger partial charge in [0.05, 0.1) is 17.2 Å². The van der Waals surface area contributed by atoms with E-state index in [0.29, 0.717) is 26.1 Å². The van der Waals surface area contributed by atoms with Crippen molar-refractivity contribution < 1.29 is 9.90 Å². The summed E-state index contributed by atoms with van der Waals surface area (Å²) in [4.78, 5) is 19.6. The Morgan fingerprint density at radius 1 is 1.38 bits per heavy atom. The van der Waals surface area contributed by atoms with Crippen LogP contribution in [0.1, 0.15) is 42.8 Å². The summed E-state index contributed by atoms with van der Waals surface area (Å²) in [7, 11) is 0. The number of amides is 2. The van der Waals surface area contributed by atoms with Gasteiger partial charge >= 0.3 is 6.03 Å². The van der Waals surface area contributed by atoms with Crippen LogP contribution in [0.15, 0.2) is 0 Å². The second kappa shape index (κ2) is 7.75. The largest absolute Gasteiger partial charge is 0.396 e. The Morgan fingerprint density at radius 2 is 2.05 bits per heavy atom. The van der Waals surface area contributed by atoms with Gasteiger partial charge in [-0.05, 0) is 25.7 Å². The summed E-state index contributed by atoms with van der Waals surface area (Å²) in [6.45, 7) is 12.1. The summed E-state index contributed by atoms with van der Waals surface area (Å²) in [5.74, 6) is 0. The summed E-state index contributed by atoms with van der Waals surface area (Å²) in [5, 5.41) is 13.0. The van der Waals surface area contributed by atoms with Crippen molar-refractivity contribution in [1.29, 1.82) is 0 Å². The van der Waals surface area contributed by atoms with Crippen molar-refractivity contribution in [2.45, 2.75) is 47.6 Å². The quantitative estimate of drug-likeness (QED) is 0.848. The molecule has 120 valence electrons. The number of nitrogens with one attached hydrogen (secondary N) is 1. The number of rotatable bonds is 6. The molecule has 1 aromatic rings. The molecule has 1 rings (SSSR count). The zero-order chi connectivity index (χ0) is 16.0. The first kappa shape index (κ1) is 17.9. The Hall–Kier alpha value is -1.14. The van der Waals surface area contributed by atoms with Gasteiger partial charge < -0.3 is 15.3 Å². The van der Waals surface area contributed by atoms with Crippen LogP contribution in [0, 0.1) is 19.3 Å². The van der Waals surface area contributed by atoms with Gasteiger partial charge in [-0.15, -0.1) is 11.3 Å². The number of carbonyl (C=O) groups is 1. The van der Waals surface area contributed by atoms with E-state index in [-0.39, 0.29) is 18.1 Å². The summed E-state index contributed by atoms with van der Waals surface area (Å²) in [5.41, 5.74) is 1.01. The summed E-state index contributed by atoms with van der Waals surface area (Å²) >= 11 is 1.61. The Balaban J connectivity index is 2.61. The molecule has 0 aliphatic carbocycles. The third-order valence-corrected chi connectivity index (χ3v) is 4.01. The molecule has 0 unspecified atom stereocenters. The maximum atomic E-state index is 12.3. The van der Waals surface area contributed by atoms with Gasteiger partial charge in [0.25, 0.3) is 0 Å². The molecule has 0 bridgehead atoms. The number of nitrogens with zero attached hydrogens (tertiary/aromatic N) is 2. The smallest absolute Gasteiger partial charge is 0.317 e. The van der Waals surface area contributed by atoms with Crippen molar-refractivity contribution in [3.63, 3.8) is 0 Å². The van der Waals surface area contributed by atoms with Crippen LogP contribution in [-0.4, -0.2) is 40.7 Å². The van der Waals surface area contributed by atoms with Gasteiger partial charge in [0.1, 0.15) is 0 Å². The number of aliphatic hydroxyl groups excluding tert-OH is 1. The van der Waals surface area contributed by atoms with Gasteiger partial charge in [-0.3, -0.25) is 0 Å². The highest BCUT2D eigenvalue weighted by atomic mass is 32.1. The Bertz CT molecular complexity index is 466. The minimum atomic E-state index is -0.0798. The number of aliphatic hydroxyl groups is 1. The minimum Gasteiger partial charge on any atom is -0.396 e. The van der Waals surface area contributed by atoms with Crippen LogP contribution in [0.25, 0.3) is 0 Å². The fraction of sp³-hybridized carbons (Fsp3) is 0.733. The van der Waals surface area contributed by atoms with Crippen LogP contribution >= 0.6 is 11.3 Å².